The molecule has 0 saturated heterocycles. The summed E-state index contributed by atoms with van der Waals surface area (Å²) in [5.74, 6) is -4.83. The molecule has 0 atom stereocenters. The number of para-hydroxylation sites is 1. The number of benzene rings is 2. The van der Waals surface area contributed by atoms with E-state index in [-0.39, 0.29) is 34.7 Å². The van der Waals surface area contributed by atoms with E-state index in [1.807, 2.05) is 0 Å². The summed E-state index contributed by atoms with van der Waals surface area (Å²) in [6.07, 6.45) is 1.34. The van der Waals surface area contributed by atoms with Crippen molar-refractivity contribution in [2.24, 2.45) is 0 Å². The minimum absolute atomic E-state index is 0.0117. The van der Waals surface area contributed by atoms with Gasteiger partial charge in [0.05, 0.1) is 16.3 Å². The maximum atomic E-state index is 13.4. The van der Waals surface area contributed by atoms with Gasteiger partial charge in [0, 0.05) is 18.8 Å². The van der Waals surface area contributed by atoms with Crippen molar-refractivity contribution in [1.82, 2.24) is 14.7 Å². The van der Waals surface area contributed by atoms with Crippen LogP contribution in [0.15, 0.2) is 60.8 Å². The third kappa shape index (κ3) is 4.57. The zero-order chi connectivity index (χ0) is 24.4. The van der Waals surface area contributed by atoms with Gasteiger partial charge in [-0.2, -0.15) is 0 Å². The van der Waals surface area contributed by atoms with Crippen LogP contribution in [0, 0.1) is 11.6 Å². The molecule has 0 aliphatic heterocycles. The molecule has 11 heteroatoms. The molecule has 0 fully saturated rings. The van der Waals surface area contributed by atoms with Crippen molar-refractivity contribution in [1.29, 1.82) is 0 Å². The fraction of sp³-hybridized carbons (Fsp3) is 0.0435. The first-order valence-corrected chi connectivity index (χ1v) is 10.2. The lowest BCUT2D eigenvalue weighted by Crippen LogP contribution is -2.25. The maximum absolute atomic E-state index is 13.4. The number of nitrogens with zero attached hydrogens (tertiary/aromatic N) is 2. The molecule has 2 aromatic carbocycles. The molecular formula is C23H15ClF2N4O4. The number of rotatable bonds is 6. The Morgan fingerprint density at radius 2 is 1.76 bits per heavy atom. The van der Waals surface area contributed by atoms with Crippen molar-refractivity contribution >= 4 is 40.7 Å². The predicted molar refractivity (Wildman–Crippen MR) is 119 cm³/mol. The number of nitrogens with one attached hydrogen (secondary N) is 2. The largest absolute Gasteiger partial charge is 0.477 e. The zero-order valence-electron chi connectivity index (χ0n) is 17.2. The second-order valence-electron chi connectivity index (χ2n) is 7.12. The van der Waals surface area contributed by atoms with Crippen LogP contribution in [0.2, 0.25) is 5.02 Å². The van der Waals surface area contributed by atoms with E-state index in [4.69, 9.17) is 11.6 Å². The third-order valence-corrected chi connectivity index (χ3v) is 5.20. The molecule has 2 amide bonds. The van der Waals surface area contributed by atoms with Gasteiger partial charge < -0.3 is 15.7 Å². The van der Waals surface area contributed by atoms with E-state index in [1.54, 1.807) is 24.3 Å². The molecule has 0 aliphatic rings. The van der Waals surface area contributed by atoms with Gasteiger partial charge >= 0.3 is 5.97 Å². The molecule has 0 radical (unpaired) electrons. The number of carbonyl (C=O) groups excluding carboxylic acids is 2. The van der Waals surface area contributed by atoms with Gasteiger partial charge in [0.25, 0.3) is 11.8 Å². The zero-order valence-corrected chi connectivity index (χ0v) is 17.9. The summed E-state index contributed by atoms with van der Waals surface area (Å²) in [6, 6.07) is 12.1. The monoisotopic (exact) mass is 484 g/mol. The van der Waals surface area contributed by atoms with Gasteiger partial charge in [0.15, 0.2) is 17.3 Å². The molecule has 4 aromatic rings. The van der Waals surface area contributed by atoms with Crippen molar-refractivity contribution in [2.75, 3.05) is 5.32 Å². The first kappa shape index (κ1) is 22.9. The fourth-order valence-electron chi connectivity index (χ4n) is 3.21. The second-order valence-corrected chi connectivity index (χ2v) is 7.53. The van der Waals surface area contributed by atoms with Crippen molar-refractivity contribution in [3.8, 4) is 0 Å². The van der Waals surface area contributed by atoms with Crippen LogP contribution >= 0.6 is 11.6 Å². The number of halogens is 3. The second kappa shape index (κ2) is 9.28. The summed E-state index contributed by atoms with van der Waals surface area (Å²) in [6.45, 7) is -0.161. The summed E-state index contributed by atoms with van der Waals surface area (Å²) in [4.78, 5) is 41.4. The Hall–Kier alpha value is -4.31. The maximum Gasteiger partial charge on any atom is 0.352 e. The van der Waals surface area contributed by atoms with E-state index in [2.05, 4.69) is 15.6 Å². The molecule has 3 N–H and O–H groups in total. The van der Waals surface area contributed by atoms with Gasteiger partial charge in [-0.1, -0.05) is 29.8 Å². The van der Waals surface area contributed by atoms with Crippen LogP contribution in [0.25, 0.3) is 5.65 Å². The molecular weight excluding hydrogens is 470 g/mol. The van der Waals surface area contributed by atoms with E-state index < -0.39 is 29.4 Å². The highest BCUT2D eigenvalue weighted by atomic mass is 35.5. The Labute approximate surface area is 195 Å². The number of aromatic carboxylic acids is 1. The highest BCUT2D eigenvalue weighted by Gasteiger charge is 2.21. The molecule has 0 spiro atoms. The van der Waals surface area contributed by atoms with Crippen LogP contribution in [-0.2, 0) is 6.54 Å². The van der Waals surface area contributed by atoms with Crippen molar-refractivity contribution < 1.29 is 28.3 Å². The summed E-state index contributed by atoms with van der Waals surface area (Å²) < 4.78 is 27.6. The number of hydrogen-bond donors (Lipinski definition) is 3. The van der Waals surface area contributed by atoms with Gasteiger partial charge in [-0.25, -0.2) is 18.6 Å². The number of fused-ring (bicyclic) bond motifs is 1. The van der Waals surface area contributed by atoms with Crippen molar-refractivity contribution in [2.45, 2.75) is 6.54 Å². The molecule has 0 saturated carbocycles. The highest BCUT2D eigenvalue weighted by molar-refractivity contribution is 6.34. The number of aromatic nitrogens is 2. The Morgan fingerprint density at radius 1 is 1.00 bits per heavy atom. The third-order valence-electron chi connectivity index (χ3n) is 4.87. The van der Waals surface area contributed by atoms with Crippen LogP contribution in [0.5, 0.6) is 0 Å². The van der Waals surface area contributed by atoms with E-state index in [1.165, 1.54) is 18.3 Å². The lowest BCUT2D eigenvalue weighted by atomic mass is 10.2. The van der Waals surface area contributed by atoms with Crippen LogP contribution in [0.4, 0.5) is 14.5 Å². The lowest BCUT2D eigenvalue weighted by molar-refractivity contribution is 0.0688. The molecule has 8 nitrogen and oxygen atoms in total. The number of carboxylic acids is 1. The number of carbonyl (C=O) groups is 3. The van der Waals surface area contributed by atoms with Crippen LogP contribution in [0.1, 0.15) is 36.9 Å². The first-order chi connectivity index (χ1) is 16.2. The SMILES string of the molecule is O=C(NCc1ccc(F)c(F)c1)c1cc(C(=O)O)n2ccc(C(=O)Nc3ccccc3Cl)c2n1. The number of hydrogen-bond acceptors (Lipinski definition) is 4. The van der Waals surface area contributed by atoms with Crippen LogP contribution < -0.4 is 10.6 Å². The van der Waals surface area contributed by atoms with E-state index >= 15 is 0 Å². The Kier molecular flexibility index (Phi) is 6.24. The molecule has 0 unspecified atom stereocenters. The Morgan fingerprint density at radius 3 is 2.47 bits per heavy atom. The standard InChI is InChI=1S/C23H15ClF2N4O4/c24-14-3-1-2-4-17(14)29-21(31)13-7-8-30-19(23(33)34)10-18(28-20(13)30)22(32)27-11-12-5-6-15(25)16(26)9-12/h1-10H,11H2,(H,27,32)(H,29,31)(H,33,34). The average Bonchev–Trinajstić information content (AvgIpc) is 3.24. The summed E-state index contributed by atoms with van der Waals surface area (Å²) in [5, 5.41) is 15.0. The van der Waals surface area contributed by atoms with Crippen molar-refractivity contribution in [3.63, 3.8) is 0 Å². The van der Waals surface area contributed by atoms with Crippen LogP contribution in [-0.4, -0.2) is 32.3 Å². The number of anilines is 1. The van der Waals surface area contributed by atoms with Gasteiger partial charge in [-0.05, 0) is 35.9 Å². The highest BCUT2D eigenvalue weighted by Crippen LogP contribution is 2.23. The van der Waals surface area contributed by atoms with E-state index in [0.29, 0.717) is 10.7 Å². The number of carboxylic acid groups (broad SMARTS) is 1. The molecule has 4 rings (SSSR count). The van der Waals surface area contributed by atoms with E-state index in [9.17, 15) is 28.3 Å². The van der Waals surface area contributed by atoms with E-state index in [0.717, 1.165) is 22.6 Å². The quantitative estimate of drug-likeness (QED) is 0.380. The minimum atomic E-state index is -1.35. The predicted octanol–water partition coefficient (Wildman–Crippen LogP) is 4.15. The Bertz CT molecular complexity index is 1450. The molecule has 2 heterocycles. The molecule has 2 aromatic heterocycles. The normalized spacial score (nSPS) is 10.8. The van der Waals surface area contributed by atoms with Crippen LogP contribution in [0.3, 0.4) is 0 Å². The minimum Gasteiger partial charge on any atom is -0.477 e. The summed E-state index contributed by atoms with van der Waals surface area (Å²) in [7, 11) is 0. The molecule has 0 bridgehead atoms. The summed E-state index contributed by atoms with van der Waals surface area (Å²) in [5.41, 5.74) is -0.0143. The molecule has 172 valence electrons. The number of amides is 2. The summed E-state index contributed by atoms with van der Waals surface area (Å²) >= 11 is 6.07. The van der Waals surface area contributed by atoms with Gasteiger partial charge in [0.2, 0.25) is 0 Å². The van der Waals surface area contributed by atoms with Gasteiger partial charge in [-0.15, -0.1) is 0 Å². The fourth-order valence-corrected chi connectivity index (χ4v) is 3.39. The Balaban J connectivity index is 1.65. The smallest absolute Gasteiger partial charge is 0.352 e. The van der Waals surface area contributed by atoms with Gasteiger partial charge in [0.1, 0.15) is 11.4 Å². The van der Waals surface area contributed by atoms with Crippen molar-refractivity contribution in [3.05, 3.63) is 100.0 Å². The molecule has 0 aliphatic carbocycles. The first-order valence-electron chi connectivity index (χ1n) is 9.78. The average molecular weight is 485 g/mol. The lowest BCUT2D eigenvalue weighted by Gasteiger charge is -2.09. The topological polar surface area (TPSA) is 113 Å². The van der Waals surface area contributed by atoms with Gasteiger partial charge in [-0.3, -0.25) is 14.0 Å². The molecule has 34 heavy (non-hydrogen) atoms.